The number of nitrogens with two attached hydrogens (primary N) is 1. The van der Waals surface area contributed by atoms with E-state index >= 15 is 0 Å². The highest BCUT2D eigenvalue weighted by Gasteiger charge is 2.64. The van der Waals surface area contributed by atoms with Crippen molar-refractivity contribution < 1.29 is 48.4 Å². The summed E-state index contributed by atoms with van der Waals surface area (Å²) in [6.07, 6.45) is -2.67. The number of carbonyl (C=O) groups is 3. The monoisotopic (exact) mass is 523 g/mol. The van der Waals surface area contributed by atoms with Crippen molar-refractivity contribution in [1.29, 1.82) is 0 Å². The van der Waals surface area contributed by atoms with Gasteiger partial charge in [-0.2, -0.15) is 5.48 Å². The van der Waals surface area contributed by atoms with E-state index in [1.807, 2.05) is 0 Å². The second-order valence-corrected chi connectivity index (χ2v) is 9.58. The van der Waals surface area contributed by atoms with Crippen LogP contribution in [0, 0.1) is 11.8 Å². The lowest BCUT2D eigenvalue weighted by atomic mass is 9.57. The smallest absolute Gasteiger partial charge is 0.263 e. The second kappa shape index (κ2) is 9.49. The number of benzene rings is 1. The van der Waals surface area contributed by atoms with Gasteiger partial charge in [0.05, 0.1) is 11.6 Å². The lowest BCUT2D eigenvalue weighted by Crippen LogP contribution is -2.65. The molecule has 3 aliphatic rings. The van der Waals surface area contributed by atoms with Crippen LogP contribution in [0.5, 0.6) is 5.75 Å². The molecule has 11 nitrogen and oxygen atoms in total. The Labute approximate surface area is 209 Å². The van der Waals surface area contributed by atoms with Crippen molar-refractivity contribution in [2.75, 3.05) is 20.7 Å². The van der Waals surface area contributed by atoms with Crippen molar-refractivity contribution in [3.63, 3.8) is 0 Å². The van der Waals surface area contributed by atoms with Crippen LogP contribution in [0.2, 0.25) is 0 Å². The Kier molecular flexibility index (Phi) is 6.84. The lowest BCUT2D eigenvalue weighted by Gasteiger charge is -2.50. The summed E-state index contributed by atoms with van der Waals surface area (Å²) in [6, 6.07) is 1.56. The number of alkyl halides is 2. The number of ketones is 2. The number of rotatable bonds is 7. The first-order chi connectivity index (χ1) is 17.3. The number of primary amides is 1. The van der Waals surface area contributed by atoms with Gasteiger partial charge in [0.15, 0.2) is 11.4 Å². The molecule has 1 fully saturated rings. The minimum absolute atomic E-state index is 0.0592. The number of likely N-dealkylation sites (N-methyl/N-ethyl adjacent to an activating group) is 1. The number of aliphatic hydroxyl groups is 3. The van der Waals surface area contributed by atoms with Gasteiger partial charge in [0.25, 0.3) is 12.3 Å². The van der Waals surface area contributed by atoms with E-state index < -0.39 is 71.1 Å². The zero-order valence-electron chi connectivity index (χ0n) is 20.0. The number of hydrogen-bond donors (Lipinski definition) is 6. The molecule has 0 aliphatic heterocycles. The minimum Gasteiger partial charge on any atom is -0.508 e. The van der Waals surface area contributed by atoms with Crippen LogP contribution in [-0.4, -0.2) is 81.6 Å². The standard InChI is InChI=1S/C24H27F2N3O8/c1-29(2)18-12-6-10-5-11-9(7-28-37-8-14(25)26)3-4-13(30)16(11)19(31)15(10)21(33)24(12,36)22(34)17(20(18)32)23(27)35/h3-4,10,12,14,18,28,30-31,34,36H,5-8H2,1-2H3,(H2,27,35)/t10?,12?,18-,24+/m1/s1. The zero-order chi connectivity index (χ0) is 27.4. The third kappa shape index (κ3) is 4.07. The van der Waals surface area contributed by atoms with Gasteiger partial charge < -0.3 is 26.2 Å². The Balaban J connectivity index is 1.83. The highest BCUT2D eigenvalue weighted by Crippen LogP contribution is 2.52. The fourth-order valence-electron chi connectivity index (χ4n) is 5.72. The molecule has 0 aromatic heterocycles. The molecule has 1 aromatic carbocycles. The predicted molar refractivity (Wildman–Crippen MR) is 123 cm³/mol. The van der Waals surface area contributed by atoms with Crippen LogP contribution in [0.25, 0.3) is 5.76 Å². The van der Waals surface area contributed by atoms with Crippen molar-refractivity contribution in [2.45, 2.75) is 37.5 Å². The van der Waals surface area contributed by atoms with Crippen molar-refractivity contribution in [3.05, 3.63) is 45.7 Å². The summed E-state index contributed by atoms with van der Waals surface area (Å²) in [5, 5.41) is 44.0. The summed E-state index contributed by atoms with van der Waals surface area (Å²) < 4.78 is 24.8. The van der Waals surface area contributed by atoms with Gasteiger partial charge in [0.2, 0.25) is 5.78 Å². The molecule has 1 aromatic rings. The number of aromatic hydroxyl groups is 1. The number of phenols is 1. The van der Waals surface area contributed by atoms with Gasteiger partial charge in [-0.3, -0.25) is 24.1 Å². The average molecular weight is 523 g/mol. The first-order valence-electron chi connectivity index (χ1n) is 11.4. The van der Waals surface area contributed by atoms with Crippen LogP contribution >= 0.6 is 0 Å². The molecule has 13 heteroatoms. The Bertz CT molecular complexity index is 1240. The number of hydroxylamine groups is 1. The molecule has 3 aliphatic carbocycles. The van der Waals surface area contributed by atoms with Crippen molar-refractivity contribution in [1.82, 2.24) is 10.4 Å². The predicted octanol–water partition coefficient (Wildman–Crippen LogP) is 0.250. The second-order valence-electron chi connectivity index (χ2n) is 9.58. The highest BCUT2D eigenvalue weighted by molar-refractivity contribution is 6.24. The van der Waals surface area contributed by atoms with E-state index in [9.17, 15) is 43.6 Å². The molecule has 4 rings (SSSR count). The van der Waals surface area contributed by atoms with E-state index in [2.05, 4.69) is 5.48 Å². The number of phenolic OH excluding ortho intramolecular Hbond substituents is 1. The number of carbonyl (C=O) groups excluding carboxylic acids is 3. The van der Waals surface area contributed by atoms with Crippen LogP contribution in [0.4, 0.5) is 8.78 Å². The van der Waals surface area contributed by atoms with Gasteiger partial charge in [-0.15, -0.1) is 0 Å². The zero-order valence-corrected chi connectivity index (χ0v) is 20.0. The molecule has 200 valence electrons. The summed E-state index contributed by atoms with van der Waals surface area (Å²) in [7, 11) is 3.02. The molecular weight excluding hydrogens is 496 g/mol. The number of aliphatic hydroxyl groups excluding tert-OH is 2. The van der Waals surface area contributed by atoms with Crippen molar-refractivity contribution in [2.24, 2.45) is 17.6 Å². The van der Waals surface area contributed by atoms with Gasteiger partial charge >= 0.3 is 0 Å². The lowest BCUT2D eigenvalue weighted by molar-refractivity contribution is -0.153. The average Bonchev–Trinajstić information content (AvgIpc) is 2.79. The summed E-state index contributed by atoms with van der Waals surface area (Å²) in [6.45, 7) is -0.909. The van der Waals surface area contributed by atoms with Crippen LogP contribution in [0.15, 0.2) is 29.0 Å². The molecule has 2 unspecified atom stereocenters. The molecule has 37 heavy (non-hydrogen) atoms. The number of amides is 1. The number of halogens is 2. The summed E-state index contributed by atoms with van der Waals surface area (Å²) in [5.41, 5.74) is 4.62. The summed E-state index contributed by atoms with van der Waals surface area (Å²) in [5.74, 6) is -7.39. The first kappa shape index (κ1) is 26.7. The van der Waals surface area contributed by atoms with E-state index in [0.29, 0.717) is 11.1 Å². The maximum atomic E-state index is 13.7. The Morgan fingerprint density at radius 1 is 1.27 bits per heavy atom. The van der Waals surface area contributed by atoms with Gasteiger partial charge in [-0.1, -0.05) is 6.07 Å². The third-order valence-electron chi connectivity index (χ3n) is 7.28. The molecule has 0 radical (unpaired) electrons. The topological polar surface area (TPSA) is 183 Å². The maximum Gasteiger partial charge on any atom is 0.263 e. The Morgan fingerprint density at radius 3 is 2.54 bits per heavy atom. The maximum absolute atomic E-state index is 13.7. The largest absolute Gasteiger partial charge is 0.508 e. The van der Waals surface area contributed by atoms with E-state index in [4.69, 9.17) is 10.6 Å². The van der Waals surface area contributed by atoms with Crippen LogP contribution in [0.1, 0.15) is 23.1 Å². The minimum atomic E-state index is -2.72. The quantitative estimate of drug-likeness (QED) is 0.165. The number of nitrogens with zero attached hydrogens (tertiary/aromatic N) is 1. The molecule has 0 spiro atoms. The van der Waals surface area contributed by atoms with Crippen molar-refractivity contribution >= 4 is 23.2 Å². The van der Waals surface area contributed by atoms with Gasteiger partial charge in [-0.05, 0) is 50.0 Å². The molecule has 7 N–H and O–H groups in total. The van der Waals surface area contributed by atoms with Crippen LogP contribution in [-0.2, 0) is 32.2 Å². The highest BCUT2D eigenvalue weighted by atomic mass is 19.3. The molecule has 4 atom stereocenters. The van der Waals surface area contributed by atoms with Gasteiger partial charge in [-0.25, -0.2) is 8.78 Å². The molecule has 1 saturated carbocycles. The van der Waals surface area contributed by atoms with E-state index in [1.54, 1.807) is 0 Å². The van der Waals surface area contributed by atoms with E-state index in [1.165, 1.54) is 31.1 Å². The molecule has 0 saturated heterocycles. The Morgan fingerprint density at radius 2 is 1.95 bits per heavy atom. The molecule has 0 heterocycles. The third-order valence-corrected chi connectivity index (χ3v) is 7.28. The fourth-order valence-corrected chi connectivity index (χ4v) is 5.72. The van der Waals surface area contributed by atoms with Gasteiger partial charge in [0.1, 0.15) is 29.4 Å². The Hall–Kier alpha value is -3.39. The van der Waals surface area contributed by atoms with E-state index in [0.717, 1.165) is 0 Å². The summed E-state index contributed by atoms with van der Waals surface area (Å²) in [4.78, 5) is 44.9. The number of Topliss-reactive ketones (excluding diaryl/α,β-unsaturated/α-hetero) is 2. The van der Waals surface area contributed by atoms with Gasteiger partial charge in [0, 0.05) is 18.0 Å². The van der Waals surface area contributed by atoms with Crippen LogP contribution < -0.4 is 11.2 Å². The SMILES string of the molecule is CN(C)[C@H]1C(=O)C(C(N)=O)=C(O)[C@@]2(O)C(=O)C3=C(O)c4c(O)ccc(CNOCC(F)F)c4CC3CC12. The normalized spacial score (nSPS) is 27.5. The number of hydrogen-bond acceptors (Lipinski definition) is 10. The van der Waals surface area contributed by atoms with E-state index in [-0.39, 0.29) is 36.3 Å². The van der Waals surface area contributed by atoms with Crippen molar-refractivity contribution in [3.8, 4) is 5.75 Å². The summed E-state index contributed by atoms with van der Waals surface area (Å²) >= 11 is 0. The molecular formula is C24H27F2N3O8. The fraction of sp³-hybridized carbons (Fsp3) is 0.458. The molecule has 0 bridgehead atoms. The molecule has 1 amide bonds. The number of nitrogens with one attached hydrogen (secondary N) is 1. The number of fused-ring (bicyclic) bond motifs is 3. The van der Waals surface area contributed by atoms with Crippen LogP contribution in [0.3, 0.4) is 0 Å². The first-order valence-corrected chi connectivity index (χ1v) is 11.4.